The number of benzene rings is 5. The van der Waals surface area contributed by atoms with Gasteiger partial charge < -0.3 is 0 Å². The first-order valence-electron chi connectivity index (χ1n) is 20.6. The van der Waals surface area contributed by atoms with E-state index in [1.54, 1.807) is 0 Å². The zero-order valence-corrected chi connectivity index (χ0v) is 32.6. The molecule has 0 bridgehead atoms. The fourth-order valence-corrected chi connectivity index (χ4v) is 9.67. The lowest BCUT2D eigenvalue weighted by Gasteiger charge is -2.44. The summed E-state index contributed by atoms with van der Waals surface area (Å²) in [6.45, 7) is 9.76. The molecule has 274 valence electrons. The predicted octanol–water partition coefficient (Wildman–Crippen LogP) is 13.8. The van der Waals surface area contributed by atoms with Crippen molar-refractivity contribution in [3.05, 3.63) is 132 Å². The van der Waals surface area contributed by atoms with Crippen molar-refractivity contribution in [2.75, 3.05) is 0 Å². The first kappa shape index (κ1) is 35.9. The molecule has 1 aliphatic carbocycles. The molecule has 2 unspecified atom stereocenters. The van der Waals surface area contributed by atoms with E-state index in [2.05, 4.69) is 117 Å². The summed E-state index contributed by atoms with van der Waals surface area (Å²) < 4.78 is 2.29. The van der Waals surface area contributed by atoms with Gasteiger partial charge in [-0.15, -0.1) is 0 Å². The summed E-state index contributed by atoms with van der Waals surface area (Å²) in [4.78, 5) is 15.5. The van der Waals surface area contributed by atoms with E-state index in [1.807, 2.05) is 36.4 Å². The zero-order chi connectivity index (χ0) is 37.1. The fourth-order valence-electron chi connectivity index (χ4n) is 9.67. The van der Waals surface area contributed by atoms with E-state index in [0.717, 1.165) is 22.2 Å². The molecule has 0 saturated carbocycles. The molecule has 7 aromatic rings. The summed E-state index contributed by atoms with van der Waals surface area (Å²) in [5.74, 6) is 3.00. The second-order valence-corrected chi connectivity index (χ2v) is 15.7. The van der Waals surface area contributed by atoms with Crippen LogP contribution in [-0.4, -0.2) is 19.5 Å². The first-order valence-corrected chi connectivity index (χ1v) is 20.6. The van der Waals surface area contributed by atoms with Crippen molar-refractivity contribution in [1.29, 1.82) is 0 Å². The van der Waals surface area contributed by atoms with Gasteiger partial charge in [0.15, 0.2) is 11.6 Å². The lowest BCUT2D eigenvalue weighted by atomic mass is 9.59. The topological polar surface area (TPSA) is 43.6 Å². The first-order chi connectivity index (χ1) is 26.6. The summed E-state index contributed by atoms with van der Waals surface area (Å²) >= 11 is 0. The molecule has 0 saturated heterocycles. The van der Waals surface area contributed by atoms with Crippen LogP contribution in [0.2, 0.25) is 0 Å². The van der Waals surface area contributed by atoms with Gasteiger partial charge in [0.05, 0.1) is 11.0 Å². The summed E-state index contributed by atoms with van der Waals surface area (Å²) in [6.07, 6.45) is 12.8. The normalized spacial score (nSPS) is 16.1. The van der Waals surface area contributed by atoms with Crippen molar-refractivity contribution in [2.45, 2.75) is 97.3 Å². The molecule has 0 spiro atoms. The second-order valence-electron chi connectivity index (χ2n) is 15.7. The van der Waals surface area contributed by atoms with Gasteiger partial charge in [0.25, 0.3) is 0 Å². The highest BCUT2D eigenvalue weighted by Crippen LogP contribution is 2.59. The minimum atomic E-state index is -0.0596. The maximum absolute atomic E-state index is 5.23. The molecule has 0 N–H and O–H groups in total. The van der Waals surface area contributed by atoms with Crippen molar-refractivity contribution in [1.82, 2.24) is 19.5 Å². The van der Waals surface area contributed by atoms with Crippen LogP contribution < -0.4 is 0 Å². The number of fused-ring (bicyclic) bond motifs is 6. The summed E-state index contributed by atoms with van der Waals surface area (Å²) in [5, 5.41) is 2.50. The Kier molecular flexibility index (Phi) is 10.5. The minimum Gasteiger partial charge on any atom is -0.278 e. The highest BCUT2D eigenvalue weighted by atomic mass is 15.2. The number of unbranched alkanes of at least 4 members (excludes halogenated alkanes) is 6. The van der Waals surface area contributed by atoms with Crippen LogP contribution in [0.25, 0.3) is 61.7 Å². The quantitative estimate of drug-likeness (QED) is 0.0995. The maximum Gasteiger partial charge on any atom is 0.238 e. The Morgan fingerprint density at radius 1 is 0.500 bits per heavy atom. The maximum atomic E-state index is 5.23. The van der Waals surface area contributed by atoms with Gasteiger partial charge in [-0.25, -0.2) is 4.98 Å². The van der Waals surface area contributed by atoms with Crippen LogP contribution >= 0.6 is 0 Å². The zero-order valence-electron chi connectivity index (χ0n) is 32.6. The highest BCUT2D eigenvalue weighted by Gasteiger charge is 2.50. The SMILES string of the molecule is CCCCCCC(C)C1(C(C)CCCCCC)c2ccccc2-c2cc3c(cc21)c1ccccc1n3-c1nc(-c2ccccc2)nc(-c2ccccc2)n1. The molecule has 2 heterocycles. The van der Waals surface area contributed by atoms with Gasteiger partial charge in [0.2, 0.25) is 5.95 Å². The van der Waals surface area contributed by atoms with Crippen LogP contribution in [0.1, 0.15) is 103 Å². The van der Waals surface area contributed by atoms with E-state index >= 15 is 0 Å². The predicted molar refractivity (Wildman–Crippen MR) is 227 cm³/mol. The van der Waals surface area contributed by atoms with Gasteiger partial charge in [-0.3, -0.25) is 4.57 Å². The third kappa shape index (κ3) is 6.34. The molecule has 4 heteroatoms. The lowest BCUT2D eigenvalue weighted by molar-refractivity contribution is 0.216. The van der Waals surface area contributed by atoms with Gasteiger partial charge in [-0.1, -0.05) is 182 Å². The van der Waals surface area contributed by atoms with E-state index in [-0.39, 0.29) is 5.41 Å². The second kappa shape index (κ2) is 15.7. The van der Waals surface area contributed by atoms with Crippen LogP contribution in [0, 0.1) is 11.8 Å². The minimum absolute atomic E-state index is 0.0596. The number of para-hydroxylation sites is 1. The number of rotatable bonds is 15. The molecular formula is C50H54N4. The molecular weight excluding hydrogens is 657 g/mol. The van der Waals surface area contributed by atoms with Crippen LogP contribution in [0.3, 0.4) is 0 Å². The third-order valence-corrected chi connectivity index (χ3v) is 12.3. The van der Waals surface area contributed by atoms with E-state index in [4.69, 9.17) is 15.0 Å². The summed E-state index contributed by atoms with van der Waals surface area (Å²) in [6, 6.07) is 43.8. The number of hydrogen-bond donors (Lipinski definition) is 0. The van der Waals surface area contributed by atoms with Crippen molar-refractivity contribution in [2.24, 2.45) is 11.8 Å². The Morgan fingerprint density at radius 3 is 1.67 bits per heavy atom. The average molecular weight is 711 g/mol. The Hall–Kier alpha value is -5.09. The Morgan fingerprint density at radius 2 is 1.06 bits per heavy atom. The van der Waals surface area contributed by atoms with Crippen molar-refractivity contribution in [3.8, 4) is 39.9 Å². The Balaban J connectivity index is 1.37. The molecule has 5 aromatic carbocycles. The van der Waals surface area contributed by atoms with Gasteiger partial charge in [0.1, 0.15) is 0 Å². The molecule has 1 aliphatic rings. The molecule has 2 atom stereocenters. The molecule has 8 rings (SSSR count). The lowest BCUT2D eigenvalue weighted by Crippen LogP contribution is -2.40. The summed E-state index contributed by atoms with van der Waals surface area (Å²) in [5.41, 5.74) is 9.91. The summed E-state index contributed by atoms with van der Waals surface area (Å²) in [7, 11) is 0. The smallest absolute Gasteiger partial charge is 0.238 e. The van der Waals surface area contributed by atoms with Crippen molar-refractivity contribution in [3.63, 3.8) is 0 Å². The van der Waals surface area contributed by atoms with Crippen molar-refractivity contribution >= 4 is 21.8 Å². The largest absolute Gasteiger partial charge is 0.278 e. The molecule has 0 aliphatic heterocycles. The number of nitrogens with zero attached hydrogens (tertiary/aromatic N) is 4. The molecule has 0 amide bonds. The number of hydrogen-bond acceptors (Lipinski definition) is 3. The van der Waals surface area contributed by atoms with Crippen LogP contribution in [-0.2, 0) is 5.41 Å². The standard InChI is InChI=1S/C50H54N4/c1-5-7-9-13-23-35(3)50(36(4)24-14-10-8-6-2)43-31-21-19-29-39(43)41-34-46-42(33-44(41)50)40-30-20-22-32-45(40)54(46)49-52-47(37-25-15-11-16-26-37)51-48(53-49)38-27-17-12-18-28-38/h11-12,15-22,25-36H,5-10,13-14,23-24H2,1-4H3. The Labute approximate surface area is 321 Å². The van der Waals surface area contributed by atoms with Crippen LogP contribution in [0.15, 0.2) is 121 Å². The molecule has 4 nitrogen and oxygen atoms in total. The molecule has 0 fully saturated rings. The molecule has 0 radical (unpaired) electrons. The molecule has 2 aromatic heterocycles. The average Bonchev–Trinajstić information content (AvgIpc) is 3.70. The molecule has 54 heavy (non-hydrogen) atoms. The Bertz CT molecular complexity index is 2280. The van der Waals surface area contributed by atoms with E-state index in [0.29, 0.717) is 29.4 Å². The van der Waals surface area contributed by atoms with Gasteiger partial charge >= 0.3 is 0 Å². The van der Waals surface area contributed by atoms with E-state index in [9.17, 15) is 0 Å². The highest BCUT2D eigenvalue weighted by molar-refractivity contribution is 6.11. The van der Waals surface area contributed by atoms with Crippen molar-refractivity contribution < 1.29 is 0 Å². The third-order valence-electron chi connectivity index (χ3n) is 12.3. The van der Waals surface area contributed by atoms with E-state index in [1.165, 1.54) is 97.2 Å². The van der Waals surface area contributed by atoms with Gasteiger partial charge in [-0.05, 0) is 65.1 Å². The monoisotopic (exact) mass is 710 g/mol. The number of aromatic nitrogens is 4. The van der Waals surface area contributed by atoms with Gasteiger partial charge in [0, 0.05) is 27.3 Å². The fraction of sp³-hybridized carbons (Fsp3) is 0.340. The van der Waals surface area contributed by atoms with Crippen LogP contribution in [0.4, 0.5) is 0 Å². The van der Waals surface area contributed by atoms with Crippen LogP contribution in [0.5, 0.6) is 0 Å². The van der Waals surface area contributed by atoms with E-state index < -0.39 is 0 Å². The van der Waals surface area contributed by atoms with Gasteiger partial charge in [-0.2, -0.15) is 9.97 Å².